The smallest absolute Gasteiger partial charge is 0.118 e. The molecule has 0 heterocycles. The van der Waals surface area contributed by atoms with E-state index in [-0.39, 0.29) is 0 Å². The van der Waals surface area contributed by atoms with Crippen molar-refractivity contribution in [3.05, 3.63) is 29.8 Å². The Morgan fingerprint density at radius 3 is 2.67 bits per heavy atom. The van der Waals surface area contributed by atoms with Crippen molar-refractivity contribution in [2.75, 3.05) is 25.2 Å². The van der Waals surface area contributed by atoms with Gasteiger partial charge in [-0.25, -0.2) is 0 Å². The second-order valence-corrected chi connectivity index (χ2v) is 7.33. The Morgan fingerprint density at radius 1 is 1.29 bits per heavy atom. The SMILES string of the molecule is CCSCCCC(CNC1CC1)Cc1ccc(OC)cc1. The number of rotatable bonds is 11. The molecule has 1 saturated carbocycles. The Hall–Kier alpha value is -0.670. The molecule has 0 spiro atoms. The van der Waals surface area contributed by atoms with Crippen LogP contribution in [0.25, 0.3) is 0 Å². The van der Waals surface area contributed by atoms with Crippen molar-refractivity contribution in [2.24, 2.45) is 5.92 Å². The van der Waals surface area contributed by atoms with Crippen molar-refractivity contribution in [1.82, 2.24) is 5.32 Å². The van der Waals surface area contributed by atoms with Crippen LogP contribution in [-0.4, -0.2) is 31.2 Å². The van der Waals surface area contributed by atoms with Crippen LogP contribution in [0.5, 0.6) is 5.75 Å². The van der Waals surface area contributed by atoms with E-state index < -0.39 is 0 Å². The van der Waals surface area contributed by atoms with Crippen molar-refractivity contribution in [3.63, 3.8) is 0 Å². The fourth-order valence-electron chi connectivity index (χ4n) is 2.61. The van der Waals surface area contributed by atoms with Crippen molar-refractivity contribution < 1.29 is 4.74 Å². The summed E-state index contributed by atoms with van der Waals surface area (Å²) >= 11 is 2.06. The number of hydrogen-bond donors (Lipinski definition) is 1. The highest BCUT2D eigenvalue weighted by Crippen LogP contribution is 2.22. The summed E-state index contributed by atoms with van der Waals surface area (Å²) < 4.78 is 5.24. The molecule has 1 fully saturated rings. The van der Waals surface area contributed by atoms with Gasteiger partial charge < -0.3 is 10.1 Å². The Bertz CT molecular complexity index is 389. The van der Waals surface area contributed by atoms with Gasteiger partial charge in [0.25, 0.3) is 0 Å². The molecule has 0 radical (unpaired) electrons. The van der Waals surface area contributed by atoms with Gasteiger partial charge >= 0.3 is 0 Å². The average molecular weight is 308 g/mol. The monoisotopic (exact) mass is 307 g/mol. The van der Waals surface area contributed by atoms with E-state index in [1.807, 2.05) is 0 Å². The van der Waals surface area contributed by atoms with Gasteiger partial charge in [0.2, 0.25) is 0 Å². The topological polar surface area (TPSA) is 21.3 Å². The molecule has 118 valence electrons. The molecule has 1 atom stereocenters. The first-order valence-electron chi connectivity index (χ1n) is 8.26. The summed E-state index contributed by atoms with van der Waals surface area (Å²) in [6.07, 6.45) is 6.60. The van der Waals surface area contributed by atoms with Gasteiger partial charge in [-0.1, -0.05) is 19.1 Å². The normalized spacial score (nSPS) is 15.9. The summed E-state index contributed by atoms with van der Waals surface area (Å²) in [6, 6.07) is 9.39. The molecule has 0 aromatic heterocycles. The van der Waals surface area contributed by atoms with Crippen molar-refractivity contribution >= 4 is 11.8 Å². The van der Waals surface area contributed by atoms with E-state index in [2.05, 4.69) is 48.3 Å². The first-order valence-corrected chi connectivity index (χ1v) is 9.41. The zero-order valence-electron chi connectivity index (χ0n) is 13.4. The third-order valence-corrected chi connectivity index (χ3v) is 5.05. The van der Waals surface area contributed by atoms with E-state index >= 15 is 0 Å². The fraction of sp³-hybridized carbons (Fsp3) is 0.667. The van der Waals surface area contributed by atoms with Gasteiger partial charge in [0, 0.05) is 6.04 Å². The molecule has 1 aromatic carbocycles. The molecular formula is C18H29NOS. The zero-order valence-corrected chi connectivity index (χ0v) is 14.3. The van der Waals surface area contributed by atoms with Crippen molar-refractivity contribution in [2.45, 2.75) is 45.1 Å². The first kappa shape index (κ1) is 16.7. The second-order valence-electron chi connectivity index (χ2n) is 5.94. The maximum atomic E-state index is 5.24. The van der Waals surface area contributed by atoms with Crippen LogP contribution >= 0.6 is 11.8 Å². The number of nitrogens with one attached hydrogen (secondary N) is 1. The Morgan fingerprint density at radius 2 is 2.05 bits per heavy atom. The summed E-state index contributed by atoms with van der Waals surface area (Å²) in [7, 11) is 1.72. The summed E-state index contributed by atoms with van der Waals surface area (Å²) in [5.41, 5.74) is 1.43. The number of ether oxygens (including phenoxy) is 1. The standard InChI is InChI=1S/C18H29NOS/c1-3-21-12-4-5-16(14-19-17-8-9-17)13-15-6-10-18(20-2)11-7-15/h6-7,10-11,16-17,19H,3-5,8-9,12-14H2,1-2H3. The molecule has 1 aliphatic rings. The van der Waals surface area contributed by atoms with E-state index in [1.165, 1.54) is 55.7 Å². The summed E-state index contributed by atoms with van der Waals surface area (Å²) in [6.45, 7) is 3.42. The highest BCUT2D eigenvalue weighted by atomic mass is 32.2. The molecule has 1 aromatic rings. The predicted octanol–water partition coefficient (Wildman–Crippen LogP) is 4.14. The van der Waals surface area contributed by atoms with Gasteiger partial charge in [-0.15, -0.1) is 0 Å². The lowest BCUT2D eigenvalue weighted by Gasteiger charge is -2.18. The van der Waals surface area contributed by atoms with Gasteiger partial charge in [0.15, 0.2) is 0 Å². The summed E-state index contributed by atoms with van der Waals surface area (Å²) in [4.78, 5) is 0. The van der Waals surface area contributed by atoms with E-state index in [4.69, 9.17) is 4.74 Å². The van der Waals surface area contributed by atoms with E-state index in [0.29, 0.717) is 0 Å². The van der Waals surface area contributed by atoms with Gasteiger partial charge in [-0.05, 0) is 73.8 Å². The third-order valence-electron chi connectivity index (χ3n) is 4.06. The van der Waals surface area contributed by atoms with Crippen molar-refractivity contribution in [1.29, 1.82) is 0 Å². The quantitative estimate of drug-likeness (QED) is 0.621. The van der Waals surface area contributed by atoms with E-state index in [0.717, 1.165) is 17.7 Å². The molecule has 21 heavy (non-hydrogen) atoms. The molecule has 3 heteroatoms. The van der Waals surface area contributed by atoms with Crippen LogP contribution in [-0.2, 0) is 6.42 Å². The predicted molar refractivity (Wildman–Crippen MR) is 93.4 cm³/mol. The highest BCUT2D eigenvalue weighted by Gasteiger charge is 2.21. The minimum atomic E-state index is 0.761. The molecule has 1 unspecified atom stereocenters. The van der Waals surface area contributed by atoms with Crippen LogP contribution in [0.15, 0.2) is 24.3 Å². The van der Waals surface area contributed by atoms with Crippen LogP contribution in [0.1, 0.15) is 38.2 Å². The highest BCUT2D eigenvalue weighted by molar-refractivity contribution is 7.99. The van der Waals surface area contributed by atoms with Gasteiger partial charge in [-0.3, -0.25) is 0 Å². The molecule has 1 N–H and O–H groups in total. The maximum Gasteiger partial charge on any atom is 0.118 e. The molecule has 0 amide bonds. The van der Waals surface area contributed by atoms with E-state index in [9.17, 15) is 0 Å². The maximum absolute atomic E-state index is 5.24. The number of hydrogen-bond acceptors (Lipinski definition) is 3. The third kappa shape index (κ3) is 6.75. The second kappa shape index (κ2) is 9.37. The minimum absolute atomic E-state index is 0.761. The van der Waals surface area contributed by atoms with Gasteiger partial charge in [-0.2, -0.15) is 11.8 Å². The number of methoxy groups -OCH3 is 1. The molecule has 2 rings (SSSR count). The lowest BCUT2D eigenvalue weighted by atomic mass is 9.95. The van der Waals surface area contributed by atoms with Crippen LogP contribution in [0.3, 0.4) is 0 Å². The zero-order chi connectivity index (χ0) is 14.9. The van der Waals surface area contributed by atoms with Crippen LogP contribution < -0.4 is 10.1 Å². The molecule has 0 saturated heterocycles. The minimum Gasteiger partial charge on any atom is -0.497 e. The average Bonchev–Trinajstić information content (AvgIpc) is 3.34. The molecular weight excluding hydrogens is 278 g/mol. The summed E-state index contributed by atoms with van der Waals surface area (Å²) in [5, 5.41) is 3.71. The lowest BCUT2D eigenvalue weighted by Crippen LogP contribution is -2.26. The number of benzene rings is 1. The van der Waals surface area contributed by atoms with Gasteiger partial charge in [0.05, 0.1) is 7.11 Å². The first-order chi connectivity index (χ1) is 10.3. The molecule has 2 nitrogen and oxygen atoms in total. The summed E-state index contributed by atoms with van der Waals surface area (Å²) in [5.74, 6) is 4.25. The largest absolute Gasteiger partial charge is 0.497 e. The Balaban J connectivity index is 1.79. The van der Waals surface area contributed by atoms with Crippen LogP contribution in [0, 0.1) is 5.92 Å². The van der Waals surface area contributed by atoms with Crippen LogP contribution in [0.2, 0.25) is 0 Å². The molecule has 1 aliphatic carbocycles. The molecule has 0 bridgehead atoms. The van der Waals surface area contributed by atoms with Crippen molar-refractivity contribution in [3.8, 4) is 5.75 Å². The van der Waals surface area contributed by atoms with Crippen LogP contribution in [0.4, 0.5) is 0 Å². The Kier molecular flexibility index (Phi) is 7.45. The van der Waals surface area contributed by atoms with E-state index in [1.54, 1.807) is 7.11 Å². The number of thioether (sulfide) groups is 1. The Labute approximate surface area is 134 Å². The lowest BCUT2D eigenvalue weighted by molar-refractivity contribution is 0.413. The van der Waals surface area contributed by atoms with Gasteiger partial charge in [0.1, 0.15) is 5.75 Å². The molecule has 0 aliphatic heterocycles. The fourth-order valence-corrected chi connectivity index (χ4v) is 3.27.